The van der Waals surface area contributed by atoms with Gasteiger partial charge < -0.3 is 14.2 Å². The van der Waals surface area contributed by atoms with Crippen molar-refractivity contribution in [3.63, 3.8) is 0 Å². The summed E-state index contributed by atoms with van der Waals surface area (Å²) in [6.07, 6.45) is 1.82. The molecule has 0 unspecified atom stereocenters. The van der Waals surface area contributed by atoms with Gasteiger partial charge in [0.2, 0.25) is 0 Å². The fourth-order valence-corrected chi connectivity index (χ4v) is 3.77. The van der Waals surface area contributed by atoms with Crippen molar-refractivity contribution in [3.05, 3.63) is 52.9 Å². The maximum Gasteiger partial charge on any atom is 0.266 e. The second kappa shape index (κ2) is 8.84. The molecule has 7 heteroatoms. The Morgan fingerprint density at radius 2 is 1.68 bits per heavy atom. The summed E-state index contributed by atoms with van der Waals surface area (Å²) in [5.41, 5.74) is 1.57. The Hall–Kier alpha value is -2.93. The summed E-state index contributed by atoms with van der Waals surface area (Å²) in [6, 6.07) is 12.9. The number of hydrogen-bond donors (Lipinski definition) is 0. The molecule has 1 fully saturated rings. The summed E-state index contributed by atoms with van der Waals surface area (Å²) >= 11 is 1.35. The molecule has 2 aromatic rings. The second-order valence-electron chi connectivity index (χ2n) is 5.86. The average Bonchev–Trinajstić information content (AvgIpc) is 3.02. The van der Waals surface area contributed by atoms with E-state index in [9.17, 15) is 4.79 Å². The van der Waals surface area contributed by atoms with Gasteiger partial charge in [-0.1, -0.05) is 0 Å². The SMILES string of the molecule is CCN1C(=O)C(=Cc2ccc(OC)cc2OC)SC1=Nc1ccc(OC)cc1. The van der Waals surface area contributed by atoms with Gasteiger partial charge in [-0.2, -0.15) is 0 Å². The Balaban J connectivity index is 1.92. The number of aliphatic imine (C=N–C) groups is 1. The van der Waals surface area contributed by atoms with E-state index in [0.29, 0.717) is 28.1 Å². The molecule has 28 heavy (non-hydrogen) atoms. The third kappa shape index (κ3) is 4.14. The van der Waals surface area contributed by atoms with Crippen LogP contribution in [0.5, 0.6) is 17.2 Å². The van der Waals surface area contributed by atoms with Crippen LogP contribution in [0.4, 0.5) is 5.69 Å². The molecular formula is C21H22N2O4S. The molecule has 0 aliphatic carbocycles. The quantitative estimate of drug-likeness (QED) is 0.678. The molecule has 0 bridgehead atoms. The molecule has 6 nitrogen and oxygen atoms in total. The largest absolute Gasteiger partial charge is 0.497 e. The molecular weight excluding hydrogens is 376 g/mol. The van der Waals surface area contributed by atoms with Gasteiger partial charge in [-0.05, 0) is 61.2 Å². The van der Waals surface area contributed by atoms with Crippen molar-refractivity contribution >= 4 is 34.6 Å². The zero-order valence-corrected chi connectivity index (χ0v) is 17.1. The fraction of sp³-hybridized carbons (Fsp3) is 0.238. The number of rotatable bonds is 6. The van der Waals surface area contributed by atoms with Crippen molar-refractivity contribution in [3.8, 4) is 17.2 Å². The number of amides is 1. The number of carbonyl (C=O) groups is 1. The van der Waals surface area contributed by atoms with E-state index in [0.717, 1.165) is 17.0 Å². The minimum atomic E-state index is -0.0716. The maximum absolute atomic E-state index is 12.8. The molecule has 0 aromatic heterocycles. The van der Waals surface area contributed by atoms with Crippen molar-refractivity contribution in [1.29, 1.82) is 0 Å². The Bertz CT molecular complexity index is 923. The van der Waals surface area contributed by atoms with Crippen LogP contribution in [0.25, 0.3) is 6.08 Å². The minimum absolute atomic E-state index is 0.0716. The van der Waals surface area contributed by atoms with Gasteiger partial charge in [0, 0.05) is 18.2 Å². The number of amidine groups is 1. The minimum Gasteiger partial charge on any atom is -0.497 e. The van der Waals surface area contributed by atoms with Crippen molar-refractivity contribution in [2.24, 2.45) is 4.99 Å². The van der Waals surface area contributed by atoms with Crippen LogP contribution in [-0.4, -0.2) is 43.8 Å². The molecule has 0 atom stereocenters. The lowest BCUT2D eigenvalue weighted by Gasteiger charge is -2.12. The van der Waals surface area contributed by atoms with E-state index in [1.807, 2.05) is 49.4 Å². The predicted octanol–water partition coefficient (Wildman–Crippen LogP) is 4.34. The normalized spacial score (nSPS) is 16.7. The van der Waals surface area contributed by atoms with Crippen molar-refractivity contribution in [1.82, 2.24) is 4.90 Å². The van der Waals surface area contributed by atoms with Crippen molar-refractivity contribution in [2.75, 3.05) is 27.9 Å². The first kappa shape index (κ1) is 19.8. The van der Waals surface area contributed by atoms with E-state index in [4.69, 9.17) is 14.2 Å². The van der Waals surface area contributed by atoms with Gasteiger partial charge in [0.15, 0.2) is 5.17 Å². The molecule has 2 aromatic carbocycles. The van der Waals surface area contributed by atoms with Gasteiger partial charge in [0.05, 0.1) is 31.9 Å². The van der Waals surface area contributed by atoms with E-state index in [-0.39, 0.29) is 5.91 Å². The van der Waals surface area contributed by atoms with Gasteiger partial charge >= 0.3 is 0 Å². The van der Waals surface area contributed by atoms with Crippen LogP contribution in [0, 0.1) is 0 Å². The number of methoxy groups -OCH3 is 3. The molecule has 0 radical (unpaired) electrons. The highest BCUT2D eigenvalue weighted by molar-refractivity contribution is 8.18. The highest BCUT2D eigenvalue weighted by Crippen LogP contribution is 2.36. The fourth-order valence-electron chi connectivity index (χ4n) is 2.72. The molecule has 1 aliphatic rings. The Morgan fingerprint density at radius 3 is 2.29 bits per heavy atom. The van der Waals surface area contributed by atoms with Crippen LogP contribution in [0.2, 0.25) is 0 Å². The van der Waals surface area contributed by atoms with Crippen molar-refractivity contribution < 1.29 is 19.0 Å². The summed E-state index contributed by atoms with van der Waals surface area (Å²) in [5.74, 6) is 2.03. The number of carbonyl (C=O) groups excluding carboxylic acids is 1. The zero-order chi connectivity index (χ0) is 20.1. The predicted molar refractivity (Wildman–Crippen MR) is 113 cm³/mol. The molecule has 1 amide bonds. The molecule has 1 saturated heterocycles. The van der Waals surface area contributed by atoms with Crippen LogP contribution < -0.4 is 14.2 Å². The molecule has 0 N–H and O–H groups in total. The molecule has 0 saturated carbocycles. The third-order valence-electron chi connectivity index (χ3n) is 4.23. The van der Waals surface area contributed by atoms with Crippen LogP contribution in [-0.2, 0) is 4.79 Å². The number of nitrogens with zero attached hydrogens (tertiary/aromatic N) is 2. The summed E-state index contributed by atoms with van der Waals surface area (Å²) in [4.78, 5) is 19.7. The average molecular weight is 398 g/mol. The number of benzene rings is 2. The standard InChI is InChI=1S/C21H22N2O4S/c1-5-23-20(24)19(12-14-6-9-17(26-3)13-18(14)27-4)28-21(23)22-15-7-10-16(25-2)11-8-15/h6-13H,5H2,1-4H3. The molecule has 1 aliphatic heterocycles. The Kier molecular flexibility index (Phi) is 6.26. The van der Waals surface area contributed by atoms with Gasteiger partial charge in [0.1, 0.15) is 17.2 Å². The number of ether oxygens (including phenoxy) is 3. The highest BCUT2D eigenvalue weighted by Gasteiger charge is 2.32. The highest BCUT2D eigenvalue weighted by atomic mass is 32.2. The lowest BCUT2D eigenvalue weighted by atomic mass is 10.1. The molecule has 0 spiro atoms. The third-order valence-corrected chi connectivity index (χ3v) is 5.24. The van der Waals surface area contributed by atoms with Gasteiger partial charge in [-0.3, -0.25) is 9.69 Å². The number of hydrogen-bond acceptors (Lipinski definition) is 6. The lowest BCUT2D eigenvalue weighted by molar-refractivity contribution is -0.122. The number of thioether (sulfide) groups is 1. The Labute approximate surface area is 168 Å². The molecule has 1 heterocycles. The van der Waals surface area contributed by atoms with Crippen LogP contribution in [0.1, 0.15) is 12.5 Å². The van der Waals surface area contributed by atoms with E-state index < -0.39 is 0 Å². The first-order valence-electron chi connectivity index (χ1n) is 8.75. The van der Waals surface area contributed by atoms with E-state index in [1.165, 1.54) is 11.8 Å². The molecule has 146 valence electrons. The first-order chi connectivity index (χ1) is 13.6. The van der Waals surface area contributed by atoms with Gasteiger partial charge in [0.25, 0.3) is 5.91 Å². The van der Waals surface area contributed by atoms with Crippen LogP contribution >= 0.6 is 11.8 Å². The summed E-state index contributed by atoms with van der Waals surface area (Å²) in [5, 5.41) is 0.649. The van der Waals surface area contributed by atoms with Crippen LogP contribution in [0.15, 0.2) is 52.4 Å². The van der Waals surface area contributed by atoms with Gasteiger partial charge in [-0.15, -0.1) is 0 Å². The molecule has 3 rings (SSSR count). The van der Waals surface area contributed by atoms with E-state index in [2.05, 4.69) is 4.99 Å². The van der Waals surface area contributed by atoms with Gasteiger partial charge in [-0.25, -0.2) is 4.99 Å². The second-order valence-corrected chi connectivity index (χ2v) is 6.87. The lowest BCUT2D eigenvalue weighted by Crippen LogP contribution is -2.28. The summed E-state index contributed by atoms with van der Waals surface area (Å²) in [7, 11) is 4.81. The monoisotopic (exact) mass is 398 g/mol. The number of likely N-dealkylation sites (N-methyl/N-ethyl adjacent to an activating group) is 1. The van der Waals surface area contributed by atoms with E-state index >= 15 is 0 Å². The first-order valence-corrected chi connectivity index (χ1v) is 9.57. The van der Waals surface area contributed by atoms with Crippen molar-refractivity contribution in [2.45, 2.75) is 6.92 Å². The van der Waals surface area contributed by atoms with E-state index in [1.54, 1.807) is 32.3 Å². The summed E-state index contributed by atoms with van der Waals surface area (Å²) in [6.45, 7) is 2.47. The smallest absolute Gasteiger partial charge is 0.266 e. The van der Waals surface area contributed by atoms with Crippen LogP contribution in [0.3, 0.4) is 0 Å². The summed E-state index contributed by atoms with van der Waals surface area (Å²) < 4.78 is 15.8. The zero-order valence-electron chi connectivity index (χ0n) is 16.3. The maximum atomic E-state index is 12.8. The Morgan fingerprint density at radius 1 is 1.00 bits per heavy atom. The topological polar surface area (TPSA) is 60.4 Å².